The molecule has 0 saturated carbocycles. The van der Waals surface area contributed by atoms with Gasteiger partial charge in [-0.2, -0.15) is 0 Å². The molecule has 0 bridgehead atoms. The first kappa shape index (κ1) is 22.2. The van der Waals surface area contributed by atoms with E-state index in [2.05, 4.69) is 38.9 Å². The molecular formula is C23H24N4O3S2. The molecular weight excluding hydrogens is 444 g/mol. The second-order valence-electron chi connectivity index (χ2n) is 7.33. The van der Waals surface area contributed by atoms with Crippen LogP contribution in [0.1, 0.15) is 28.2 Å². The molecule has 2 atom stereocenters. The van der Waals surface area contributed by atoms with E-state index in [-0.39, 0.29) is 24.6 Å². The van der Waals surface area contributed by atoms with Gasteiger partial charge in [0.15, 0.2) is 5.11 Å². The maximum atomic E-state index is 12.2. The Labute approximate surface area is 196 Å². The predicted octanol–water partition coefficient (Wildman–Crippen LogP) is 4.22. The molecule has 166 valence electrons. The number of nitrogens with zero attached hydrogens (tertiary/aromatic N) is 2. The summed E-state index contributed by atoms with van der Waals surface area (Å²) in [6.07, 6.45) is 1.79. The standard InChI is InChI=1S/C23H24N4O3S2/c1-14-9-11-32-22(14)21-20(16-6-4-5-10-24-16)26-23(31)27(21)15-7-8-18(30-3)17(12-15)25-19(28)13-29-2/h4-12,20-21H,13H2,1-3H3,(H,25,28)(H,26,31)/t20-,21+/m0/s1. The number of amides is 1. The van der Waals surface area contributed by atoms with Gasteiger partial charge < -0.3 is 25.0 Å². The van der Waals surface area contributed by atoms with Gasteiger partial charge in [0.05, 0.1) is 30.6 Å². The van der Waals surface area contributed by atoms with Gasteiger partial charge in [0.25, 0.3) is 0 Å². The van der Waals surface area contributed by atoms with Gasteiger partial charge in [-0.25, -0.2) is 0 Å². The second kappa shape index (κ2) is 9.64. The zero-order valence-electron chi connectivity index (χ0n) is 18.0. The van der Waals surface area contributed by atoms with Crippen LogP contribution in [-0.2, 0) is 9.53 Å². The van der Waals surface area contributed by atoms with Gasteiger partial charge in [-0.05, 0) is 66.5 Å². The first-order valence-electron chi connectivity index (χ1n) is 10.0. The SMILES string of the molecule is COCC(=O)Nc1cc(N2C(=S)N[C@@H](c3ccccn3)[C@@H]2c2sccc2C)ccc1OC. The van der Waals surface area contributed by atoms with E-state index in [0.29, 0.717) is 16.5 Å². The summed E-state index contributed by atoms with van der Waals surface area (Å²) in [5.74, 6) is 0.295. The van der Waals surface area contributed by atoms with Crippen LogP contribution in [-0.4, -0.2) is 36.8 Å². The summed E-state index contributed by atoms with van der Waals surface area (Å²) >= 11 is 7.48. The van der Waals surface area contributed by atoms with Crippen molar-refractivity contribution in [1.29, 1.82) is 0 Å². The van der Waals surface area contributed by atoms with E-state index in [0.717, 1.165) is 11.4 Å². The summed E-state index contributed by atoms with van der Waals surface area (Å²) in [5.41, 5.74) is 3.50. The third-order valence-corrected chi connectivity index (χ3v) is 6.68. The lowest BCUT2D eigenvalue weighted by Gasteiger charge is -2.28. The summed E-state index contributed by atoms with van der Waals surface area (Å²) in [4.78, 5) is 20.0. The number of nitrogens with one attached hydrogen (secondary N) is 2. The number of anilines is 2. The van der Waals surface area contributed by atoms with E-state index in [1.54, 1.807) is 24.6 Å². The van der Waals surface area contributed by atoms with Crippen LogP contribution < -0.4 is 20.3 Å². The van der Waals surface area contributed by atoms with Crippen molar-refractivity contribution in [3.8, 4) is 5.75 Å². The maximum Gasteiger partial charge on any atom is 0.250 e. The van der Waals surface area contributed by atoms with Crippen molar-refractivity contribution < 1.29 is 14.3 Å². The molecule has 0 unspecified atom stereocenters. The number of hydrogen-bond donors (Lipinski definition) is 2. The Hall–Kier alpha value is -3.01. The normalized spacial score (nSPS) is 17.8. The molecule has 1 saturated heterocycles. The van der Waals surface area contributed by atoms with Gasteiger partial charge in [-0.3, -0.25) is 9.78 Å². The average molecular weight is 469 g/mol. The van der Waals surface area contributed by atoms with Crippen molar-refractivity contribution in [1.82, 2.24) is 10.3 Å². The summed E-state index contributed by atoms with van der Waals surface area (Å²) in [5, 5.41) is 8.99. The minimum atomic E-state index is -0.262. The number of benzene rings is 1. The highest BCUT2D eigenvalue weighted by Gasteiger charge is 2.42. The number of aryl methyl sites for hydroxylation is 1. The summed E-state index contributed by atoms with van der Waals surface area (Å²) in [6.45, 7) is 2.06. The van der Waals surface area contributed by atoms with Gasteiger partial charge in [0, 0.05) is 23.9 Å². The smallest absolute Gasteiger partial charge is 0.250 e. The number of aromatic nitrogens is 1. The maximum absolute atomic E-state index is 12.2. The number of hydrogen-bond acceptors (Lipinski definition) is 6. The minimum absolute atomic E-state index is 0.0458. The topological polar surface area (TPSA) is 75.7 Å². The highest BCUT2D eigenvalue weighted by molar-refractivity contribution is 7.80. The molecule has 2 aromatic heterocycles. The quantitative estimate of drug-likeness (QED) is 0.503. The Morgan fingerprint density at radius 2 is 2.12 bits per heavy atom. The molecule has 4 rings (SSSR count). The van der Waals surface area contributed by atoms with Gasteiger partial charge in [0.1, 0.15) is 12.4 Å². The Bertz CT molecular complexity index is 1120. The zero-order valence-corrected chi connectivity index (χ0v) is 19.6. The van der Waals surface area contributed by atoms with E-state index in [9.17, 15) is 4.79 Å². The lowest BCUT2D eigenvalue weighted by atomic mass is 10.0. The number of ether oxygens (including phenoxy) is 2. The number of pyridine rings is 1. The van der Waals surface area contributed by atoms with Crippen molar-refractivity contribution in [2.75, 3.05) is 31.0 Å². The Morgan fingerprint density at radius 3 is 2.78 bits per heavy atom. The third-order valence-electron chi connectivity index (χ3n) is 5.28. The molecule has 1 fully saturated rings. The third kappa shape index (κ3) is 4.32. The summed E-state index contributed by atoms with van der Waals surface area (Å²) < 4.78 is 10.4. The molecule has 9 heteroatoms. The minimum Gasteiger partial charge on any atom is -0.495 e. The van der Waals surface area contributed by atoms with Crippen LogP contribution in [0, 0.1) is 6.92 Å². The fourth-order valence-corrected chi connectivity index (χ4v) is 5.25. The number of methoxy groups -OCH3 is 2. The molecule has 0 aliphatic carbocycles. The van der Waals surface area contributed by atoms with E-state index in [4.69, 9.17) is 21.7 Å². The Kier molecular flexibility index (Phi) is 6.69. The molecule has 32 heavy (non-hydrogen) atoms. The highest BCUT2D eigenvalue weighted by Crippen LogP contribution is 2.45. The van der Waals surface area contributed by atoms with Crippen molar-refractivity contribution in [3.05, 3.63) is 70.2 Å². The van der Waals surface area contributed by atoms with E-state index in [1.165, 1.54) is 17.6 Å². The first-order chi connectivity index (χ1) is 15.5. The molecule has 1 aromatic carbocycles. The number of carbonyl (C=O) groups is 1. The van der Waals surface area contributed by atoms with Gasteiger partial charge in [0.2, 0.25) is 5.91 Å². The fraction of sp³-hybridized carbons (Fsp3) is 0.261. The van der Waals surface area contributed by atoms with Crippen LogP contribution in [0.4, 0.5) is 11.4 Å². The van der Waals surface area contributed by atoms with Crippen LogP contribution in [0.15, 0.2) is 54.0 Å². The zero-order chi connectivity index (χ0) is 22.7. The summed E-state index contributed by atoms with van der Waals surface area (Å²) in [6, 6.07) is 13.4. The largest absolute Gasteiger partial charge is 0.495 e. The Balaban J connectivity index is 1.78. The molecule has 3 heterocycles. The van der Waals surface area contributed by atoms with Gasteiger partial charge >= 0.3 is 0 Å². The lowest BCUT2D eigenvalue weighted by Crippen LogP contribution is -2.29. The van der Waals surface area contributed by atoms with E-state index in [1.807, 2.05) is 36.4 Å². The first-order valence-corrected chi connectivity index (χ1v) is 11.3. The van der Waals surface area contributed by atoms with E-state index >= 15 is 0 Å². The molecule has 0 radical (unpaired) electrons. The number of thiophene rings is 1. The molecule has 7 nitrogen and oxygen atoms in total. The van der Waals surface area contributed by atoms with Gasteiger partial charge in [-0.1, -0.05) is 6.07 Å². The fourth-order valence-electron chi connectivity index (χ4n) is 3.85. The monoisotopic (exact) mass is 468 g/mol. The van der Waals surface area contributed by atoms with Crippen LogP contribution in [0.5, 0.6) is 5.75 Å². The van der Waals surface area contributed by atoms with Crippen LogP contribution in [0.3, 0.4) is 0 Å². The number of rotatable bonds is 7. The average Bonchev–Trinajstić information content (AvgIpc) is 3.36. The lowest BCUT2D eigenvalue weighted by molar-refractivity contribution is -0.119. The predicted molar refractivity (Wildman–Crippen MR) is 130 cm³/mol. The molecule has 1 aliphatic rings. The molecule has 1 aliphatic heterocycles. The van der Waals surface area contributed by atoms with Crippen molar-refractivity contribution in [2.45, 2.75) is 19.0 Å². The van der Waals surface area contributed by atoms with Crippen molar-refractivity contribution >= 4 is 45.9 Å². The number of thiocarbonyl (C=S) groups is 1. The van der Waals surface area contributed by atoms with Crippen LogP contribution >= 0.6 is 23.6 Å². The second-order valence-corrected chi connectivity index (χ2v) is 8.66. The van der Waals surface area contributed by atoms with Crippen LogP contribution in [0.2, 0.25) is 0 Å². The Morgan fingerprint density at radius 1 is 1.28 bits per heavy atom. The molecule has 1 amide bonds. The van der Waals surface area contributed by atoms with Gasteiger partial charge in [-0.15, -0.1) is 11.3 Å². The van der Waals surface area contributed by atoms with Crippen molar-refractivity contribution in [2.24, 2.45) is 0 Å². The molecule has 2 N–H and O–H groups in total. The highest BCUT2D eigenvalue weighted by atomic mass is 32.1. The van der Waals surface area contributed by atoms with Crippen LogP contribution in [0.25, 0.3) is 0 Å². The summed E-state index contributed by atoms with van der Waals surface area (Å²) in [7, 11) is 3.05. The molecule has 3 aromatic rings. The molecule has 0 spiro atoms. The number of carbonyl (C=O) groups excluding carboxylic acids is 1. The van der Waals surface area contributed by atoms with E-state index < -0.39 is 0 Å². The van der Waals surface area contributed by atoms with Crippen molar-refractivity contribution in [3.63, 3.8) is 0 Å².